The fraction of sp³-hybridized carbons (Fsp3) is 0. The summed E-state index contributed by atoms with van der Waals surface area (Å²) in [5.41, 5.74) is 15.2. The van der Waals surface area contributed by atoms with E-state index in [0.29, 0.717) is 5.95 Å². The Balaban J connectivity index is 0.978. The summed E-state index contributed by atoms with van der Waals surface area (Å²) in [7, 11) is 0. The van der Waals surface area contributed by atoms with Gasteiger partial charge in [0.25, 0.3) is 0 Å². The second kappa shape index (κ2) is 17.0. The Morgan fingerprint density at radius 3 is 1.74 bits per heavy atom. The molecule has 0 amide bonds. The predicted molar refractivity (Wildman–Crippen MR) is 312 cm³/mol. The lowest BCUT2D eigenvalue weighted by Gasteiger charge is -2.25. The molecular weight excluding hydrogens is 919 g/mol. The first kappa shape index (κ1) is 42.1. The molecule has 0 atom stereocenters. The molecule has 74 heavy (non-hydrogen) atoms. The Bertz CT molecular complexity index is 4600. The van der Waals surface area contributed by atoms with Gasteiger partial charge in [-0.05, 0) is 101 Å². The molecule has 0 fully saturated rings. The Kier molecular flexibility index (Phi) is 9.68. The molecule has 15 rings (SSSR count). The van der Waals surface area contributed by atoms with Crippen molar-refractivity contribution in [2.45, 2.75) is 0 Å². The van der Waals surface area contributed by atoms with Crippen LogP contribution in [0.25, 0.3) is 120 Å². The lowest BCUT2D eigenvalue weighted by atomic mass is 9.99. The van der Waals surface area contributed by atoms with E-state index in [4.69, 9.17) is 9.97 Å². The van der Waals surface area contributed by atoms with Gasteiger partial charge in [0, 0.05) is 75.8 Å². The van der Waals surface area contributed by atoms with Crippen LogP contribution in [0.3, 0.4) is 0 Å². The van der Waals surface area contributed by atoms with E-state index >= 15 is 0 Å². The third-order valence-electron chi connectivity index (χ3n) is 14.7. The van der Waals surface area contributed by atoms with E-state index in [1.165, 1.54) is 47.9 Å². The van der Waals surface area contributed by atoms with Gasteiger partial charge in [-0.3, -0.25) is 4.57 Å². The van der Waals surface area contributed by atoms with Crippen molar-refractivity contribution in [1.82, 2.24) is 19.1 Å². The first-order chi connectivity index (χ1) is 36.7. The molecule has 4 heterocycles. The number of benzene rings is 11. The molecule has 0 aliphatic heterocycles. The van der Waals surface area contributed by atoms with Gasteiger partial charge in [-0.15, -0.1) is 11.3 Å². The zero-order chi connectivity index (χ0) is 48.7. The van der Waals surface area contributed by atoms with Gasteiger partial charge < -0.3 is 9.47 Å². The molecule has 0 bridgehead atoms. The van der Waals surface area contributed by atoms with Crippen molar-refractivity contribution < 1.29 is 0 Å². The van der Waals surface area contributed by atoms with Crippen LogP contribution in [0.2, 0.25) is 0 Å². The topological polar surface area (TPSA) is 38.9 Å². The van der Waals surface area contributed by atoms with Crippen LogP contribution in [0.15, 0.2) is 261 Å². The smallest absolute Gasteiger partial charge is 0.235 e. The number of aromatic nitrogens is 4. The highest BCUT2D eigenvalue weighted by Gasteiger charge is 2.24. The lowest BCUT2D eigenvalue weighted by molar-refractivity contribution is 1.02. The number of para-hydroxylation sites is 5. The monoisotopic (exact) mass is 961 g/mol. The maximum atomic E-state index is 5.78. The van der Waals surface area contributed by atoms with Crippen LogP contribution >= 0.6 is 11.3 Å². The Labute approximate surface area is 430 Å². The van der Waals surface area contributed by atoms with E-state index in [2.05, 4.69) is 275 Å². The summed E-state index contributed by atoms with van der Waals surface area (Å²) in [5, 5.41) is 9.27. The van der Waals surface area contributed by atoms with Crippen LogP contribution in [0.5, 0.6) is 0 Å². The quantitative estimate of drug-likeness (QED) is 0.152. The molecule has 0 N–H and O–H groups in total. The molecule has 5 nitrogen and oxygen atoms in total. The average Bonchev–Trinajstić information content (AvgIpc) is 4.17. The van der Waals surface area contributed by atoms with Crippen molar-refractivity contribution in [3.8, 4) is 44.5 Å². The van der Waals surface area contributed by atoms with E-state index < -0.39 is 0 Å². The number of thiophene rings is 1. The van der Waals surface area contributed by atoms with Crippen molar-refractivity contribution >= 4 is 104 Å². The lowest BCUT2D eigenvalue weighted by Crippen LogP contribution is -2.09. The second-order valence-corrected chi connectivity index (χ2v) is 20.0. The van der Waals surface area contributed by atoms with Crippen molar-refractivity contribution in [1.29, 1.82) is 0 Å². The van der Waals surface area contributed by atoms with Crippen LogP contribution in [-0.4, -0.2) is 19.1 Å². The van der Waals surface area contributed by atoms with Crippen molar-refractivity contribution in [2.24, 2.45) is 0 Å². The van der Waals surface area contributed by atoms with Crippen LogP contribution < -0.4 is 4.90 Å². The maximum absolute atomic E-state index is 5.78. The van der Waals surface area contributed by atoms with E-state index in [-0.39, 0.29) is 0 Å². The van der Waals surface area contributed by atoms with Gasteiger partial charge in [0.2, 0.25) is 5.95 Å². The van der Waals surface area contributed by atoms with Gasteiger partial charge in [-0.1, -0.05) is 182 Å². The van der Waals surface area contributed by atoms with E-state index in [1.807, 2.05) is 0 Å². The SMILES string of the molecule is c1ccc(-c2cc3ccc4nc(-n5c6ccc(-c7cccc8c9ccccc9n(-c9ccccc9)c78)cc6c6ccc7ccccc7c65)nc(-c5ccc(N(c6ccccc6)c6ccccc6)cc5)c4c3s2)cc1. The summed E-state index contributed by atoms with van der Waals surface area (Å²) in [6.07, 6.45) is 0. The third-order valence-corrected chi connectivity index (χ3v) is 15.9. The van der Waals surface area contributed by atoms with Crippen molar-refractivity contribution in [2.75, 3.05) is 4.90 Å². The molecule has 0 unspecified atom stereocenters. The Morgan fingerprint density at radius 2 is 0.973 bits per heavy atom. The zero-order valence-corrected chi connectivity index (χ0v) is 40.8. The summed E-state index contributed by atoms with van der Waals surface area (Å²) in [6, 6.07) is 93.8. The molecule has 15 aromatic rings. The molecule has 0 aliphatic rings. The second-order valence-electron chi connectivity index (χ2n) is 18.9. The van der Waals surface area contributed by atoms with Gasteiger partial charge >= 0.3 is 0 Å². The van der Waals surface area contributed by atoms with Gasteiger partial charge in [0.1, 0.15) is 0 Å². The molecule has 346 valence electrons. The van der Waals surface area contributed by atoms with E-state index in [1.54, 1.807) is 11.3 Å². The highest BCUT2D eigenvalue weighted by Crippen LogP contribution is 2.45. The fourth-order valence-corrected chi connectivity index (χ4v) is 12.6. The minimum Gasteiger partial charge on any atom is -0.311 e. The summed E-state index contributed by atoms with van der Waals surface area (Å²) >= 11 is 1.81. The highest BCUT2D eigenvalue weighted by molar-refractivity contribution is 7.23. The minimum atomic E-state index is 0.626. The first-order valence-corrected chi connectivity index (χ1v) is 25.9. The Morgan fingerprint density at radius 1 is 0.365 bits per heavy atom. The number of rotatable bonds is 8. The molecule has 0 aliphatic carbocycles. The largest absolute Gasteiger partial charge is 0.311 e. The van der Waals surface area contributed by atoms with Crippen LogP contribution in [-0.2, 0) is 0 Å². The molecule has 4 aromatic heterocycles. The van der Waals surface area contributed by atoms with E-state index in [9.17, 15) is 0 Å². The molecule has 0 radical (unpaired) electrons. The number of anilines is 3. The highest BCUT2D eigenvalue weighted by atomic mass is 32.1. The Hall–Kier alpha value is -9.62. The number of fused-ring (bicyclic) bond motifs is 11. The van der Waals surface area contributed by atoms with E-state index in [0.717, 1.165) is 83.1 Å². The standard InChI is InChI=1S/C68H43N5S/c1-5-19-45(20-6-1)62-43-48-35-40-59-63(67(48)74-62)64(46-32-37-52(38-33-46)71(49-21-7-2-8-22-49)50-23-9-3-10-24-50)70-68(69-59)73-61-41-36-47(42-58(61)57-39-34-44-18-13-14-27-53(44)66(57)73)54-29-17-30-56-55-28-15-16-31-60(55)72(65(54)56)51-25-11-4-12-26-51/h1-43H. The van der Waals surface area contributed by atoms with Gasteiger partial charge in [-0.25, -0.2) is 9.97 Å². The molecule has 11 aromatic carbocycles. The van der Waals surface area contributed by atoms with Crippen LogP contribution in [0.1, 0.15) is 0 Å². The molecular formula is C68H43N5S. The third kappa shape index (κ3) is 6.69. The molecule has 0 spiro atoms. The summed E-state index contributed by atoms with van der Waals surface area (Å²) in [5.74, 6) is 0.626. The minimum absolute atomic E-state index is 0.626. The fourth-order valence-electron chi connectivity index (χ4n) is 11.4. The summed E-state index contributed by atoms with van der Waals surface area (Å²) in [4.78, 5) is 14.9. The van der Waals surface area contributed by atoms with Crippen molar-refractivity contribution in [3.05, 3.63) is 261 Å². The molecule has 0 saturated carbocycles. The molecule has 6 heteroatoms. The maximum Gasteiger partial charge on any atom is 0.235 e. The summed E-state index contributed by atoms with van der Waals surface area (Å²) in [6.45, 7) is 0. The molecule has 0 saturated heterocycles. The van der Waals surface area contributed by atoms with Gasteiger partial charge in [0.05, 0.1) is 33.3 Å². The average molecular weight is 962 g/mol. The summed E-state index contributed by atoms with van der Waals surface area (Å²) < 4.78 is 5.91. The number of nitrogens with zero attached hydrogens (tertiary/aromatic N) is 5. The first-order valence-electron chi connectivity index (χ1n) is 25.1. The van der Waals surface area contributed by atoms with Crippen LogP contribution in [0, 0.1) is 0 Å². The van der Waals surface area contributed by atoms with Crippen LogP contribution in [0.4, 0.5) is 17.1 Å². The predicted octanol–water partition coefficient (Wildman–Crippen LogP) is 18.7. The van der Waals surface area contributed by atoms with Gasteiger partial charge in [0.15, 0.2) is 0 Å². The zero-order valence-electron chi connectivity index (χ0n) is 40.0. The van der Waals surface area contributed by atoms with Crippen molar-refractivity contribution in [3.63, 3.8) is 0 Å². The normalized spacial score (nSPS) is 11.8. The number of hydrogen-bond donors (Lipinski definition) is 0. The van der Waals surface area contributed by atoms with Gasteiger partial charge in [-0.2, -0.15) is 0 Å². The number of hydrogen-bond acceptors (Lipinski definition) is 4.